The second-order valence-corrected chi connectivity index (χ2v) is 7.58. The Morgan fingerprint density at radius 3 is 2.56 bits per heavy atom. The van der Waals surface area contributed by atoms with E-state index in [1.807, 2.05) is 20.9 Å². The summed E-state index contributed by atoms with van der Waals surface area (Å²) in [6.07, 6.45) is 9.87. The zero-order chi connectivity index (χ0) is 17.8. The third kappa shape index (κ3) is 3.81. The lowest BCUT2D eigenvalue weighted by Crippen LogP contribution is -2.32. The first-order valence-electron chi connectivity index (χ1n) is 10.3. The number of ether oxygens (including phenoxy) is 2. The van der Waals surface area contributed by atoms with E-state index in [0.29, 0.717) is 12.0 Å². The van der Waals surface area contributed by atoms with Crippen LogP contribution >= 0.6 is 0 Å². The third-order valence-electron chi connectivity index (χ3n) is 6.02. The normalized spacial score (nSPS) is 27.8. The Labute approximate surface area is 153 Å². The van der Waals surface area contributed by atoms with Gasteiger partial charge in [-0.15, -0.1) is 0 Å². The highest BCUT2D eigenvalue weighted by Crippen LogP contribution is 2.56. The molecule has 1 aliphatic heterocycles. The van der Waals surface area contributed by atoms with Gasteiger partial charge in [0.25, 0.3) is 0 Å². The molecule has 1 heterocycles. The SMILES string of the molecule is CC.CNCC1CC1.COc1ccc2c3c1OC1CCCC(CC2)C31. The Kier molecular flexibility index (Phi) is 6.27. The molecular weight excluding hydrogens is 310 g/mol. The minimum Gasteiger partial charge on any atom is -0.493 e. The molecule has 0 saturated heterocycles. The Balaban J connectivity index is 0.000000193. The molecule has 2 fully saturated rings. The summed E-state index contributed by atoms with van der Waals surface area (Å²) in [5.41, 5.74) is 3.00. The van der Waals surface area contributed by atoms with Crippen LogP contribution in [0.25, 0.3) is 0 Å². The van der Waals surface area contributed by atoms with E-state index >= 15 is 0 Å². The van der Waals surface area contributed by atoms with Gasteiger partial charge in [0.2, 0.25) is 0 Å². The van der Waals surface area contributed by atoms with Crippen molar-refractivity contribution in [2.75, 3.05) is 20.7 Å². The number of hydrogen-bond acceptors (Lipinski definition) is 3. The summed E-state index contributed by atoms with van der Waals surface area (Å²) in [4.78, 5) is 0. The zero-order valence-corrected chi connectivity index (χ0v) is 16.4. The summed E-state index contributed by atoms with van der Waals surface area (Å²) in [6, 6.07) is 4.32. The summed E-state index contributed by atoms with van der Waals surface area (Å²) in [6.45, 7) is 5.24. The van der Waals surface area contributed by atoms with E-state index in [2.05, 4.69) is 17.4 Å². The molecule has 3 heteroatoms. The topological polar surface area (TPSA) is 30.5 Å². The van der Waals surface area contributed by atoms with Crippen molar-refractivity contribution in [1.29, 1.82) is 0 Å². The molecule has 0 amide bonds. The number of aryl methyl sites for hydroxylation is 1. The molecule has 1 aromatic rings. The average molecular weight is 346 g/mol. The highest BCUT2D eigenvalue weighted by atomic mass is 16.5. The molecule has 2 saturated carbocycles. The van der Waals surface area contributed by atoms with E-state index in [-0.39, 0.29) is 0 Å². The fourth-order valence-corrected chi connectivity index (χ4v) is 4.71. The Morgan fingerprint density at radius 1 is 1.12 bits per heavy atom. The van der Waals surface area contributed by atoms with Crippen molar-refractivity contribution in [3.8, 4) is 11.5 Å². The van der Waals surface area contributed by atoms with E-state index in [9.17, 15) is 0 Å². The molecule has 3 atom stereocenters. The van der Waals surface area contributed by atoms with E-state index in [1.54, 1.807) is 7.11 Å². The van der Waals surface area contributed by atoms with Gasteiger partial charge in [0.15, 0.2) is 11.5 Å². The first-order chi connectivity index (χ1) is 12.3. The minimum atomic E-state index is 0.430. The van der Waals surface area contributed by atoms with Crippen LogP contribution in [-0.2, 0) is 6.42 Å². The first-order valence-corrected chi connectivity index (χ1v) is 10.3. The Hall–Kier alpha value is -1.22. The van der Waals surface area contributed by atoms with Crippen molar-refractivity contribution in [3.63, 3.8) is 0 Å². The van der Waals surface area contributed by atoms with Crippen LogP contribution in [0.15, 0.2) is 12.1 Å². The summed E-state index contributed by atoms with van der Waals surface area (Å²) >= 11 is 0. The first kappa shape index (κ1) is 18.6. The molecule has 1 N–H and O–H groups in total. The standard InChI is InChI=1S/C15H18O2.C5H11N.C2H6/c1-16-12-8-7-10-6-5-9-3-2-4-11-13(9)14(10)15(12)17-11;1-6-4-5-2-3-5;1-2/h7-9,11,13H,2-6H2,1H3;5-6H,2-4H2,1H3;1-2H3. The van der Waals surface area contributed by atoms with Crippen molar-refractivity contribution < 1.29 is 9.47 Å². The summed E-state index contributed by atoms with van der Waals surface area (Å²) < 4.78 is 11.7. The van der Waals surface area contributed by atoms with Crippen molar-refractivity contribution in [1.82, 2.24) is 5.32 Å². The minimum absolute atomic E-state index is 0.430. The van der Waals surface area contributed by atoms with Crippen LogP contribution < -0.4 is 14.8 Å². The molecule has 1 aromatic carbocycles. The van der Waals surface area contributed by atoms with Crippen LogP contribution in [0, 0.1) is 11.8 Å². The largest absolute Gasteiger partial charge is 0.493 e. The van der Waals surface area contributed by atoms with Crippen LogP contribution in [-0.4, -0.2) is 26.8 Å². The van der Waals surface area contributed by atoms with Gasteiger partial charge in [-0.05, 0) is 82.0 Å². The van der Waals surface area contributed by atoms with E-state index in [1.165, 1.54) is 62.6 Å². The van der Waals surface area contributed by atoms with Crippen LogP contribution in [0.4, 0.5) is 0 Å². The van der Waals surface area contributed by atoms with Crippen LogP contribution in [0.1, 0.15) is 69.4 Å². The molecule has 5 rings (SSSR count). The van der Waals surface area contributed by atoms with E-state index in [4.69, 9.17) is 9.47 Å². The summed E-state index contributed by atoms with van der Waals surface area (Å²) in [5.74, 6) is 4.55. The molecule has 3 nitrogen and oxygen atoms in total. The number of methoxy groups -OCH3 is 1. The van der Waals surface area contributed by atoms with Gasteiger partial charge in [0.05, 0.1) is 7.11 Å². The van der Waals surface area contributed by atoms with Crippen molar-refractivity contribution in [3.05, 3.63) is 23.3 Å². The Bertz CT molecular complexity index is 567. The summed E-state index contributed by atoms with van der Waals surface area (Å²) in [7, 11) is 3.75. The maximum atomic E-state index is 6.20. The van der Waals surface area contributed by atoms with Crippen LogP contribution in [0.5, 0.6) is 11.5 Å². The molecule has 4 aliphatic rings. The second-order valence-electron chi connectivity index (χ2n) is 7.58. The van der Waals surface area contributed by atoms with E-state index < -0.39 is 0 Å². The van der Waals surface area contributed by atoms with Gasteiger partial charge in [-0.1, -0.05) is 19.9 Å². The zero-order valence-electron chi connectivity index (χ0n) is 16.4. The highest BCUT2D eigenvalue weighted by molar-refractivity contribution is 5.57. The third-order valence-corrected chi connectivity index (χ3v) is 6.02. The second kappa shape index (κ2) is 8.44. The number of benzene rings is 1. The van der Waals surface area contributed by atoms with Gasteiger partial charge < -0.3 is 14.8 Å². The van der Waals surface area contributed by atoms with Gasteiger partial charge in [-0.3, -0.25) is 0 Å². The number of hydrogen-bond donors (Lipinski definition) is 1. The van der Waals surface area contributed by atoms with Gasteiger partial charge >= 0.3 is 0 Å². The fourth-order valence-electron chi connectivity index (χ4n) is 4.71. The monoisotopic (exact) mass is 345 g/mol. The van der Waals surface area contributed by atoms with Gasteiger partial charge in [0.1, 0.15) is 6.10 Å². The maximum absolute atomic E-state index is 6.20. The Morgan fingerprint density at radius 2 is 1.92 bits per heavy atom. The molecule has 3 unspecified atom stereocenters. The summed E-state index contributed by atoms with van der Waals surface area (Å²) in [5, 5.41) is 3.13. The van der Waals surface area contributed by atoms with E-state index in [0.717, 1.165) is 23.3 Å². The van der Waals surface area contributed by atoms with Crippen LogP contribution in [0.3, 0.4) is 0 Å². The molecule has 0 bridgehead atoms. The average Bonchev–Trinajstić information content (AvgIpc) is 3.40. The predicted molar refractivity (Wildman–Crippen MR) is 104 cm³/mol. The molecule has 140 valence electrons. The van der Waals surface area contributed by atoms with Gasteiger partial charge in [0, 0.05) is 11.5 Å². The van der Waals surface area contributed by atoms with Gasteiger partial charge in [-0.2, -0.15) is 0 Å². The highest BCUT2D eigenvalue weighted by Gasteiger charge is 2.46. The quantitative estimate of drug-likeness (QED) is 0.843. The molecule has 25 heavy (non-hydrogen) atoms. The van der Waals surface area contributed by atoms with Crippen LogP contribution in [0.2, 0.25) is 0 Å². The fraction of sp³-hybridized carbons (Fsp3) is 0.727. The number of rotatable bonds is 3. The lowest BCUT2D eigenvalue weighted by Gasteiger charge is -2.36. The molecule has 3 aliphatic carbocycles. The van der Waals surface area contributed by atoms with Crippen molar-refractivity contribution in [2.24, 2.45) is 11.8 Å². The van der Waals surface area contributed by atoms with Gasteiger partial charge in [-0.25, -0.2) is 0 Å². The lowest BCUT2D eigenvalue weighted by atomic mass is 9.68. The van der Waals surface area contributed by atoms with Crippen molar-refractivity contribution >= 4 is 0 Å². The molecule has 0 aromatic heterocycles. The smallest absolute Gasteiger partial charge is 0.165 e. The predicted octanol–water partition coefficient (Wildman–Crippen LogP) is 4.93. The number of nitrogens with one attached hydrogen (secondary N) is 1. The molecule has 0 radical (unpaired) electrons. The molecular formula is C22H35NO2. The lowest BCUT2D eigenvalue weighted by molar-refractivity contribution is 0.118. The maximum Gasteiger partial charge on any atom is 0.165 e. The van der Waals surface area contributed by atoms with Crippen molar-refractivity contribution in [2.45, 2.75) is 70.8 Å². The molecule has 0 spiro atoms.